The Kier molecular flexibility index (Phi) is 3.54. The molecule has 0 bridgehead atoms. The number of rotatable bonds is 5. The van der Waals surface area contributed by atoms with Gasteiger partial charge >= 0.3 is 91.3 Å². The summed E-state index contributed by atoms with van der Waals surface area (Å²) in [6.45, 7) is 7.16. The van der Waals surface area contributed by atoms with Gasteiger partial charge in [-0.05, 0) is 0 Å². The Hall–Kier alpha value is 0.640. The Morgan fingerprint density at radius 1 is 0.929 bits per heavy atom. The van der Waals surface area contributed by atoms with Gasteiger partial charge in [-0.2, -0.15) is 0 Å². The van der Waals surface area contributed by atoms with E-state index >= 15 is 0 Å². The molecule has 3 nitrogen and oxygen atoms in total. The van der Waals surface area contributed by atoms with E-state index in [1.54, 1.807) is 21.3 Å². The summed E-state index contributed by atoms with van der Waals surface area (Å²) in [7, 11) is 3.97. The van der Waals surface area contributed by atoms with Crippen molar-refractivity contribution in [1.29, 1.82) is 0 Å². The molecule has 0 amide bonds. The second-order valence-corrected chi connectivity index (χ2v) is 18.4. The molecule has 0 saturated heterocycles. The molecule has 1 aliphatic carbocycles. The molecule has 84 valence electrons. The normalized spacial score (nSPS) is 21.0. The van der Waals surface area contributed by atoms with Crippen molar-refractivity contribution in [3.8, 4) is 0 Å². The first-order chi connectivity index (χ1) is 6.39. The zero-order chi connectivity index (χ0) is 11.0. The molecule has 0 radical (unpaired) electrons. The van der Waals surface area contributed by atoms with Crippen LogP contribution in [0.2, 0.25) is 23.5 Å². The third-order valence-corrected chi connectivity index (χ3v) is 20.2. The summed E-state index contributed by atoms with van der Waals surface area (Å²) in [6, 6.07) is 0. The summed E-state index contributed by atoms with van der Waals surface area (Å²) < 4.78 is 17.3. The van der Waals surface area contributed by atoms with Crippen molar-refractivity contribution in [2.45, 2.75) is 36.4 Å². The zero-order valence-corrected chi connectivity index (χ0v) is 13.2. The van der Waals surface area contributed by atoms with Crippen LogP contribution in [-0.2, 0) is 11.3 Å². The van der Waals surface area contributed by atoms with Crippen molar-refractivity contribution in [2.24, 2.45) is 0 Å². The number of hydrogen-bond donors (Lipinski definition) is 0. The van der Waals surface area contributed by atoms with E-state index in [2.05, 4.69) is 19.6 Å². The van der Waals surface area contributed by atoms with E-state index in [1.165, 1.54) is 12.8 Å². The van der Waals surface area contributed by atoms with Crippen LogP contribution >= 0.6 is 0 Å². The van der Waals surface area contributed by atoms with Gasteiger partial charge in [0.05, 0.1) is 0 Å². The summed E-state index contributed by atoms with van der Waals surface area (Å²) in [5.41, 5.74) is 0. The molecular weight excluding hydrogens is 257 g/mol. The molecule has 0 aromatic rings. The quantitative estimate of drug-likeness (QED) is 0.722. The Balaban J connectivity index is 3.00. The molecule has 1 rings (SSSR count). The van der Waals surface area contributed by atoms with Crippen molar-refractivity contribution in [3.63, 3.8) is 0 Å². The van der Waals surface area contributed by atoms with Gasteiger partial charge in [-0.15, -0.1) is 0 Å². The monoisotopic (exact) mass is 280 g/mol. The molecule has 0 atom stereocenters. The first-order valence-corrected chi connectivity index (χ1v) is 12.2. The van der Waals surface area contributed by atoms with Crippen LogP contribution in [0.3, 0.4) is 0 Å². The van der Waals surface area contributed by atoms with Gasteiger partial charge < -0.3 is 0 Å². The molecule has 1 fully saturated rings. The van der Waals surface area contributed by atoms with Gasteiger partial charge in [0.25, 0.3) is 0 Å². The SMILES string of the molecule is C[O][Ge]([O]C)([O]C)[C]1([Si](C)(C)C)CC1. The summed E-state index contributed by atoms with van der Waals surface area (Å²) in [5, 5.41) is 0. The summed E-state index contributed by atoms with van der Waals surface area (Å²) >= 11 is -2.96. The summed E-state index contributed by atoms with van der Waals surface area (Å²) in [4.78, 5) is 0. The van der Waals surface area contributed by atoms with Crippen molar-refractivity contribution >= 4 is 22.3 Å². The third kappa shape index (κ3) is 1.61. The Morgan fingerprint density at radius 2 is 1.29 bits per heavy atom. The van der Waals surface area contributed by atoms with Gasteiger partial charge in [-0.1, -0.05) is 0 Å². The maximum absolute atomic E-state index is 5.67. The van der Waals surface area contributed by atoms with Gasteiger partial charge in [0, 0.05) is 0 Å². The van der Waals surface area contributed by atoms with Crippen LogP contribution < -0.4 is 0 Å². The first kappa shape index (κ1) is 12.7. The molecule has 0 aliphatic heterocycles. The van der Waals surface area contributed by atoms with E-state index in [4.69, 9.17) is 11.3 Å². The van der Waals surface area contributed by atoms with Gasteiger partial charge in [0.2, 0.25) is 0 Å². The summed E-state index contributed by atoms with van der Waals surface area (Å²) in [6.07, 6.45) is 2.47. The molecule has 0 aromatic heterocycles. The van der Waals surface area contributed by atoms with Crippen LogP contribution in [0, 0.1) is 0 Å². The predicted molar refractivity (Wildman–Crippen MR) is 62.1 cm³/mol. The van der Waals surface area contributed by atoms with Crippen molar-refractivity contribution < 1.29 is 11.3 Å². The fourth-order valence-corrected chi connectivity index (χ4v) is 17.4. The van der Waals surface area contributed by atoms with E-state index in [0.717, 1.165) is 0 Å². The van der Waals surface area contributed by atoms with Gasteiger partial charge in [-0.25, -0.2) is 0 Å². The van der Waals surface area contributed by atoms with Crippen molar-refractivity contribution in [2.75, 3.05) is 21.3 Å². The van der Waals surface area contributed by atoms with Crippen LogP contribution in [0.1, 0.15) is 12.8 Å². The van der Waals surface area contributed by atoms with E-state index in [9.17, 15) is 0 Å². The van der Waals surface area contributed by atoms with E-state index in [0.29, 0.717) is 3.87 Å². The predicted octanol–water partition coefficient (Wildman–Crippen LogP) is 2.28. The third-order valence-electron chi connectivity index (χ3n) is 3.58. The van der Waals surface area contributed by atoms with E-state index < -0.39 is 22.3 Å². The van der Waals surface area contributed by atoms with Crippen LogP contribution in [0.15, 0.2) is 0 Å². The zero-order valence-electron chi connectivity index (χ0n) is 10.1. The molecule has 5 heteroatoms. The van der Waals surface area contributed by atoms with Crippen LogP contribution in [0.5, 0.6) is 0 Å². The summed E-state index contributed by atoms with van der Waals surface area (Å²) in [5.74, 6) is 0. The first-order valence-electron chi connectivity index (χ1n) is 5.04. The Labute approximate surface area is 91.5 Å². The van der Waals surface area contributed by atoms with E-state index in [1.807, 2.05) is 0 Å². The van der Waals surface area contributed by atoms with Gasteiger partial charge in [0.15, 0.2) is 0 Å². The molecule has 1 saturated carbocycles. The second kappa shape index (κ2) is 3.90. The minimum atomic E-state index is -2.96. The fourth-order valence-electron chi connectivity index (χ4n) is 2.48. The topological polar surface area (TPSA) is 27.7 Å². The molecule has 14 heavy (non-hydrogen) atoms. The van der Waals surface area contributed by atoms with Crippen LogP contribution in [0.4, 0.5) is 0 Å². The molecular formula is C9H22GeO3Si. The molecule has 0 N–H and O–H groups in total. The van der Waals surface area contributed by atoms with E-state index in [-0.39, 0.29) is 0 Å². The average Bonchev–Trinajstić information content (AvgIpc) is 2.89. The molecule has 0 unspecified atom stereocenters. The average molecular weight is 279 g/mol. The number of hydrogen-bond acceptors (Lipinski definition) is 3. The molecule has 0 spiro atoms. The van der Waals surface area contributed by atoms with Crippen LogP contribution in [0.25, 0.3) is 0 Å². The van der Waals surface area contributed by atoms with Crippen molar-refractivity contribution in [3.05, 3.63) is 0 Å². The Morgan fingerprint density at radius 3 is 1.36 bits per heavy atom. The van der Waals surface area contributed by atoms with Crippen molar-refractivity contribution in [1.82, 2.24) is 0 Å². The fraction of sp³-hybridized carbons (Fsp3) is 1.00. The second-order valence-electron chi connectivity index (χ2n) is 5.00. The molecule has 0 aromatic carbocycles. The van der Waals surface area contributed by atoms with Crippen LogP contribution in [-0.4, -0.2) is 43.7 Å². The Bertz CT molecular complexity index is 198. The maximum atomic E-state index is 5.67. The standard InChI is InChI=1S/C9H22GeO3Si/c1-11-10(12-2,13-3)9(7-8-9)14(4,5)6/h7-8H2,1-6H3. The molecule has 0 heterocycles. The van der Waals surface area contributed by atoms with Gasteiger partial charge in [0.1, 0.15) is 0 Å². The molecule has 1 aliphatic rings. The van der Waals surface area contributed by atoms with Gasteiger partial charge in [-0.3, -0.25) is 0 Å². The minimum absolute atomic E-state index is 0.311.